The Morgan fingerprint density at radius 2 is 1.77 bits per heavy atom. The summed E-state index contributed by atoms with van der Waals surface area (Å²) >= 11 is 6.33. The van der Waals surface area contributed by atoms with E-state index in [-0.39, 0.29) is 48.0 Å². The average Bonchev–Trinajstić information content (AvgIpc) is 3.63. The molecule has 0 spiro atoms. The van der Waals surface area contributed by atoms with Crippen molar-refractivity contribution in [2.75, 3.05) is 25.0 Å². The molecule has 2 saturated heterocycles. The molecule has 1 aliphatic carbocycles. The molecule has 3 atom stereocenters. The number of benzene rings is 2. The van der Waals surface area contributed by atoms with Crippen LogP contribution in [-0.4, -0.2) is 85.9 Å². The van der Waals surface area contributed by atoms with Crippen LogP contribution in [0.5, 0.6) is 0 Å². The summed E-state index contributed by atoms with van der Waals surface area (Å²) < 4.78 is 8.17. The monoisotopic (exact) mass is 661 g/mol. The van der Waals surface area contributed by atoms with E-state index in [4.69, 9.17) is 16.3 Å². The average molecular weight is 662 g/mol. The smallest absolute Gasteiger partial charge is 0.335 e. The van der Waals surface area contributed by atoms with Gasteiger partial charge in [-0.15, -0.1) is 5.10 Å². The Kier molecular flexibility index (Phi) is 10.6. The van der Waals surface area contributed by atoms with E-state index in [1.165, 1.54) is 35.6 Å². The summed E-state index contributed by atoms with van der Waals surface area (Å²) in [6, 6.07) is 10.6. The molecule has 1 aromatic heterocycles. The Morgan fingerprint density at radius 3 is 2.47 bits per heavy atom. The van der Waals surface area contributed by atoms with Gasteiger partial charge in [0.05, 0.1) is 23.5 Å². The summed E-state index contributed by atoms with van der Waals surface area (Å²) in [5.41, 5.74) is 1.89. The number of carbonyl (C=O) groups excluding carboxylic acids is 2. The Bertz CT molecular complexity index is 1570. The van der Waals surface area contributed by atoms with Crippen molar-refractivity contribution >= 4 is 41.1 Å². The van der Waals surface area contributed by atoms with Gasteiger partial charge in [0.25, 0.3) is 0 Å². The lowest BCUT2D eigenvalue weighted by Gasteiger charge is -2.47. The zero-order valence-electron chi connectivity index (χ0n) is 26.1. The van der Waals surface area contributed by atoms with Crippen LogP contribution in [0.25, 0.3) is 11.8 Å². The fraction of sp³-hybridized carbons (Fsp3) is 0.471. The molecule has 248 valence electrons. The second-order valence-corrected chi connectivity index (χ2v) is 13.0. The molecule has 3 fully saturated rings. The first kappa shape index (κ1) is 32.8. The number of hydrogen-bond acceptors (Lipinski definition) is 8. The highest BCUT2D eigenvalue weighted by molar-refractivity contribution is 6.30. The number of carbonyl (C=O) groups is 3. The number of carboxylic acids is 1. The minimum atomic E-state index is -1.04. The summed E-state index contributed by atoms with van der Waals surface area (Å²) in [7, 11) is 0. The number of nitrogens with one attached hydrogen (secondary N) is 2. The largest absolute Gasteiger partial charge is 0.478 e. The van der Waals surface area contributed by atoms with Crippen LogP contribution in [0.4, 0.5) is 5.69 Å². The van der Waals surface area contributed by atoms with Crippen molar-refractivity contribution in [2.45, 2.75) is 69.6 Å². The minimum Gasteiger partial charge on any atom is -0.478 e. The van der Waals surface area contributed by atoms with Gasteiger partial charge in [0, 0.05) is 28.9 Å². The third kappa shape index (κ3) is 8.06. The SMILES string of the molecule is O=C(O)c1ccc(NC(=O)C2C(C3CCCCC3)CC(OC3CCNCC3)CN2C(=O)C=Cc2cc(Cl)ccc2-n2cnnn2)cc1. The number of halogens is 1. The van der Waals surface area contributed by atoms with Crippen LogP contribution >= 0.6 is 11.6 Å². The van der Waals surface area contributed by atoms with Gasteiger partial charge in [-0.1, -0.05) is 43.7 Å². The van der Waals surface area contributed by atoms with Crippen LogP contribution in [0.15, 0.2) is 54.9 Å². The van der Waals surface area contributed by atoms with E-state index in [9.17, 15) is 19.5 Å². The van der Waals surface area contributed by atoms with E-state index in [0.29, 0.717) is 28.4 Å². The molecule has 3 heterocycles. The topological polar surface area (TPSA) is 152 Å². The van der Waals surface area contributed by atoms with E-state index in [2.05, 4.69) is 26.2 Å². The third-order valence-corrected chi connectivity index (χ3v) is 9.78. The summed E-state index contributed by atoms with van der Waals surface area (Å²) in [5, 5.41) is 27.6. The molecule has 12 nitrogen and oxygen atoms in total. The lowest BCUT2D eigenvalue weighted by molar-refractivity contribution is -0.151. The highest BCUT2D eigenvalue weighted by Gasteiger charge is 2.46. The molecule has 13 heteroatoms. The number of rotatable bonds is 9. The number of carboxylic acid groups (broad SMARTS) is 1. The van der Waals surface area contributed by atoms with Crippen molar-refractivity contribution in [3.8, 4) is 5.69 Å². The van der Waals surface area contributed by atoms with E-state index >= 15 is 0 Å². The molecule has 47 heavy (non-hydrogen) atoms. The number of piperidine rings is 2. The molecular formula is C34H40ClN7O5. The standard InChI is InChI=1S/C34H40ClN7O5/c35-25-9-12-30(42-21-37-39-40-42)24(18-25)8-13-31(43)41-20-28(47-27-14-16-36-17-15-27)19-29(22-4-2-1-3-5-22)32(41)33(44)38-26-10-6-23(7-11-26)34(45)46/h6-13,18,21-22,27-29,32,36H,1-5,14-17,19-20H2,(H,38,44)(H,45,46). The maximum absolute atomic E-state index is 14.3. The third-order valence-electron chi connectivity index (χ3n) is 9.55. The molecule has 2 aliphatic heterocycles. The first-order valence-corrected chi connectivity index (χ1v) is 16.8. The van der Waals surface area contributed by atoms with Gasteiger partial charge in [0.15, 0.2) is 0 Å². The highest BCUT2D eigenvalue weighted by atomic mass is 35.5. The number of tetrazole rings is 1. The van der Waals surface area contributed by atoms with Gasteiger partial charge >= 0.3 is 5.97 Å². The Morgan fingerprint density at radius 1 is 1.00 bits per heavy atom. The number of anilines is 1. The first-order chi connectivity index (χ1) is 22.9. The van der Waals surface area contributed by atoms with Crippen LogP contribution in [0.3, 0.4) is 0 Å². The summed E-state index contributed by atoms with van der Waals surface area (Å²) in [6.07, 6.45) is 12.4. The van der Waals surface area contributed by atoms with Gasteiger partial charge in [-0.3, -0.25) is 9.59 Å². The second kappa shape index (κ2) is 15.2. The van der Waals surface area contributed by atoms with Crippen molar-refractivity contribution in [1.82, 2.24) is 30.4 Å². The van der Waals surface area contributed by atoms with E-state index in [1.807, 2.05) is 0 Å². The van der Waals surface area contributed by atoms with Crippen molar-refractivity contribution in [2.24, 2.45) is 11.8 Å². The molecule has 3 aliphatic rings. The quantitative estimate of drug-likeness (QED) is 0.280. The molecule has 0 radical (unpaired) electrons. The van der Waals surface area contributed by atoms with Crippen molar-refractivity contribution in [1.29, 1.82) is 0 Å². The Balaban J connectivity index is 1.32. The van der Waals surface area contributed by atoms with Crippen LogP contribution in [-0.2, 0) is 14.3 Å². The zero-order chi connectivity index (χ0) is 32.8. The Hall–Kier alpha value is -4.13. The first-order valence-electron chi connectivity index (χ1n) is 16.4. The minimum absolute atomic E-state index is 0.101. The number of nitrogens with zero attached hydrogens (tertiary/aromatic N) is 5. The molecule has 2 amide bonds. The van der Waals surface area contributed by atoms with Gasteiger partial charge < -0.3 is 25.4 Å². The van der Waals surface area contributed by atoms with Gasteiger partial charge in [-0.05, 0) is 103 Å². The predicted molar refractivity (Wildman–Crippen MR) is 176 cm³/mol. The molecule has 1 saturated carbocycles. The maximum atomic E-state index is 14.3. The predicted octanol–water partition coefficient (Wildman–Crippen LogP) is 4.60. The molecule has 2 aromatic carbocycles. The molecule has 6 rings (SSSR count). The van der Waals surface area contributed by atoms with Crippen LogP contribution in [0.2, 0.25) is 5.02 Å². The van der Waals surface area contributed by atoms with E-state index in [0.717, 1.165) is 51.6 Å². The number of amides is 2. The van der Waals surface area contributed by atoms with Gasteiger partial charge in [-0.2, -0.15) is 4.68 Å². The summed E-state index contributed by atoms with van der Waals surface area (Å²) in [6.45, 7) is 2.06. The second-order valence-electron chi connectivity index (χ2n) is 12.6. The number of ether oxygens (including phenoxy) is 1. The number of aromatic nitrogens is 4. The summed E-state index contributed by atoms with van der Waals surface area (Å²) in [4.78, 5) is 41.6. The van der Waals surface area contributed by atoms with Gasteiger partial charge in [0.1, 0.15) is 12.4 Å². The normalized spacial score (nSPS) is 22.7. The lowest BCUT2D eigenvalue weighted by Crippen LogP contribution is -2.60. The lowest BCUT2D eigenvalue weighted by atomic mass is 9.71. The Labute approximate surface area is 278 Å². The zero-order valence-corrected chi connectivity index (χ0v) is 26.9. The fourth-order valence-corrected chi connectivity index (χ4v) is 7.44. The van der Waals surface area contributed by atoms with Gasteiger partial charge in [-0.25, -0.2) is 4.79 Å². The summed E-state index contributed by atoms with van der Waals surface area (Å²) in [5.74, 6) is -1.48. The molecule has 0 bridgehead atoms. The fourth-order valence-electron chi connectivity index (χ4n) is 7.26. The number of likely N-dealkylation sites (tertiary alicyclic amines) is 1. The molecular weight excluding hydrogens is 622 g/mol. The van der Waals surface area contributed by atoms with Crippen molar-refractivity contribution in [3.63, 3.8) is 0 Å². The highest BCUT2D eigenvalue weighted by Crippen LogP contribution is 2.40. The number of aromatic carboxylic acids is 1. The number of hydrogen-bond donors (Lipinski definition) is 3. The van der Waals surface area contributed by atoms with Crippen LogP contribution < -0.4 is 10.6 Å². The van der Waals surface area contributed by atoms with Crippen molar-refractivity contribution < 1.29 is 24.2 Å². The van der Waals surface area contributed by atoms with Crippen LogP contribution in [0, 0.1) is 11.8 Å². The van der Waals surface area contributed by atoms with Gasteiger partial charge in [0.2, 0.25) is 11.8 Å². The van der Waals surface area contributed by atoms with E-state index < -0.39 is 12.0 Å². The molecule has 3 unspecified atom stereocenters. The van der Waals surface area contributed by atoms with Crippen molar-refractivity contribution in [3.05, 3.63) is 71.0 Å². The molecule has 3 aromatic rings. The molecule has 3 N–H and O–H groups in total. The van der Waals surface area contributed by atoms with Crippen LogP contribution in [0.1, 0.15) is 67.3 Å². The van der Waals surface area contributed by atoms with E-state index in [1.54, 1.807) is 41.3 Å². The maximum Gasteiger partial charge on any atom is 0.335 e.